The zero-order valence-corrected chi connectivity index (χ0v) is 14.3. The maximum atomic E-state index is 10.9. The summed E-state index contributed by atoms with van der Waals surface area (Å²) in [5.41, 5.74) is 4.37. The first kappa shape index (κ1) is 15.5. The molecule has 1 fully saturated rings. The first-order valence-corrected chi connectivity index (χ1v) is 8.63. The molecule has 0 N–H and O–H groups in total. The number of rotatable bonds is 2. The Kier molecular flexibility index (Phi) is 3.77. The van der Waals surface area contributed by atoms with Gasteiger partial charge < -0.3 is 0 Å². The zero-order chi connectivity index (χ0) is 16.0. The molecule has 3 atom stereocenters. The van der Waals surface area contributed by atoms with Gasteiger partial charge in [0, 0.05) is 0 Å². The number of isocyanates is 1. The average molecular weight is 297 g/mol. The van der Waals surface area contributed by atoms with Gasteiger partial charge in [-0.1, -0.05) is 45.4 Å². The number of fused-ring (bicyclic) bond motifs is 3. The van der Waals surface area contributed by atoms with Gasteiger partial charge in [-0.2, -0.15) is 4.99 Å². The summed E-state index contributed by atoms with van der Waals surface area (Å²) in [5.74, 6) is 1.03. The topological polar surface area (TPSA) is 29.4 Å². The Morgan fingerprint density at radius 2 is 2.05 bits per heavy atom. The van der Waals surface area contributed by atoms with E-state index in [1.165, 1.54) is 23.1 Å². The van der Waals surface area contributed by atoms with Crippen molar-refractivity contribution in [1.82, 2.24) is 0 Å². The molecule has 0 heterocycles. The highest BCUT2D eigenvalue weighted by molar-refractivity contribution is 5.43. The summed E-state index contributed by atoms with van der Waals surface area (Å²) in [7, 11) is 0. The molecule has 118 valence electrons. The van der Waals surface area contributed by atoms with Gasteiger partial charge in [0.05, 0.1) is 5.54 Å². The molecule has 2 aliphatic carbocycles. The first-order chi connectivity index (χ1) is 10.4. The summed E-state index contributed by atoms with van der Waals surface area (Å²) in [4.78, 5) is 15.2. The highest BCUT2D eigenvalue weighted by atomic mass is 16.1. The van der Waals surface area contributed by atoms with Crippen molar-refractivity contribution in [3.05, 3.63) is 34.9 Å². The van der Waals surface area contributed by atoms with Crippen LogP contribution in [0.2, 0.25) is 0 Å². The van der Waals surface area contributed by atoms with E-state index in [1.807, 2.05) is 6.08 Å². The summed E-state index contributed by atoms with van der Waals surface area (Å²) in [6.07, 6.45) is 7.45. The van der Waals surface area contributed by atoms with Gasteiger partial charge in [-0.25, -0.2) is 4.79 Å². The third-order valence-electron chi connectivity index (χ3n) is 6.31. The van der Waals surface area contributed by atoms with Crippen LogP contribution >= 0.6 is 0 Å². The van der Waals surface area contributed by atoms with Crippen molar-refractivity contribution in [2.45, 2.75) is 76.7 Å². The number of nitrogens with zero attached hydrogens (tertiary/aromatic N) is 1. The Hall–Kier alpha value is -1.40. The molecular formula is C20H27NO. The van der Waals surface area contributed by atoms with E-state index in [0.29, 0.717) is 11.8 Å². The highest BCUT2D eigenvalue weighted by Crippen LogP contribution is 2.55. The lowest BCUT2D eigenvalue weighted by Gasteiger charge is -2.53. The van der Waals surface area contributed by atoms with Gasteiger partial charge in [-0.3, -0.25) is 0 Å². The third-order valence-corrected chi connectivity index (χ3v) is 6.31. The van der Waals surface area contributed by atoms with Crippen LogP contribution in [0, 0.1) is 5.92 Å². The fraction of sp³-hybridized carbons (Fsp3) is 0.650. The van der Waals surface area contributed by atoms with E-state index >= 15 is 0 Å². The number of benzene rings is 1. The molecule has 0 aliphatic heterocycles. The molecule has 0 radical (unpaired) electrons. The normalized spacial score (nSPS) is 33.8. The summed E-state index contributed by atoms with van der Waals surface area (Å²) >= 11 is 0. The molecule has 1 aromatic rings. The van der Waals surface area contributed by atoms with Crippen LogP contribution in [0.1, 0.15) is 76.0 Å². The molecule has 0 unspecified atom stereocenters. The van der Waals surface area contributed by atoms with Crippen LogP contribution < -0.4 is 0 Å². The summed E-state index contributed by atoms with van der Waals surface area (Å²) in [6.45, 7) is 9.06. The summed E-state index contributed by atoms with van der Waals surface area (Å²) in [6, 6.07) is 7.07. The third kappa shape index (κ3) is 2.25. The van der Waals surface area contributed by atoms with Crippen LogP contribution in [-0.2, 0) is 16.6 Å². The minimum absolute atomic E-state index is 0.149. The molecule has 0 aromatic heterocycles. The SMILES string of the molecule is CC(C)c1ccc2c(c1)CC[C@H]1[C@](C)(N=C=O)CCC[C@@]21C. The number of aryl methyl sites for hydroxylation is 1. The number of carbonyl (C=O) groups excluding carboxylic acids is 1. The van der Waals surface area contributed by atoms with Gasteiger partial charge in [0.25, 0.3) is 0 Å². The van der Waals surface area contributed by atoms with Crippen LogP contribution in [-0.4, -0.2) is 11.6 Å². The molecule has 0 amide bonds. The fourth-order valence-electron chi connectivity index (χ4n) is 5.07. The summed E-state index contributed by atoms with van der Waals surface area (Å²) < 4.78 is 0. The molecule has 0 bridgehead atoms. The van der Waals surface area contributed by atoms with E-state index < -0.39 is 0 Å². The Balaban J connectivity index is 2.07. The van der Waals surface area contributed by atoms with E-state index in [1.54, 1.807) is 0 Å². The zero-order valence-electron chi connectivity index (χ0n) is 14.3. The van der Waals surface area contributed by atoms with Gasteiger partial charge in [-0.05, 0) is 66.5 Å². The molecule has 2 aliphatic rings. The van der Waals surface area contributed by atoms with Gasteiger partial charge in [0.1, 0.15) is 0 Å². The lowest BCUT2D eigenvalue weighted by molar-refractivity contribution is 0.0923. The molecule has 1 aromatic carbocycles. The minimum Gasteiger partial charge on any atom is -0.211 e. The van der Waals surface area contributed by atoms with E-state index in [0.717, 1.165) is 25.7 Å². The number of hydrogen-bond acceptors (Lipinski definition) is 2. The molecule has 1 saturated carbocycles. The first-order valence-electron chi connectivity index (χ1n) is 8.63. The molecule has 0 spiro atoms. The maximum Gasteiger partial charge on any atom is 0.235 e. The standard InChI is InChI=1S/C20H27NO/c1-14(2)15-6-8-17-16(12-15)7-9-18-19(17,3)10-5-11-20(18,4)21-13-22/h6,8,12,14,18H,5,7,9-11H2,1-4H3/t18-,19+,20-/m1/s1. The second-order valence-corrected chi connectivity index (χ2v) is 7.99. The fourth-order valence-corrected chi connectivity index (χ4v) is 5.07. The van der Waals surface area contributed by atoms with Gasteiger partial charge in [0.15, 0.2) is 0 Å². The van der Waals surface area contributed by atoms with Crippen molar-refractivity contribution in [1.29, 1.82) is 0 Å². The average Bonchev–Trinajstić information content (AvgIpc) is 2.46. The van der Waals surface area contributed by atoms with Crippen LogP contribution in [0.4, 0.5) is 0 Å². The molecule has 3 rings (SSSR count). The molecular weight excluding hydrogens is 270 g/mol. The van der Waals surface area contributed by atoms with Crippen LogP contribution in [0.3, 0.4) is 0 Å². The van der Waals surface area contributed by atoms with Crippen LogP contribution in [0.5, 0.6) is 0 Å². The minimum atomic E-state index is -0.233. The Labute approximate surface area is 134 Å². The Bertz CT molecular complexity index is 629. The second kappa shape index (κ2) is 5.35. The Morgan fingerprint density at radius 1 is 1.27 bits per heavy atom. The lowest BCUT2D eigenvalue weighted by atomic mass is 9.52. The Morgan fingerprint density at radius 3 is 2.73 bits per heavy atom. The van der Waals surface area contributed by atoms with Crippen LogP contribution in [0.15, 0.2) is 23.2 Å². The largest absolute Gasteiger partial charge is 0.235 e. The predicted molar refractivity (Wildman–Crippen MR) is 90.1 cm³/mol. The molecule has 22 heavy (non-hydrogen) atoms. The van der Waals surface area contributed by atoms with Crippen molar-refractivity contribution < 1.29 is 4.79 Å². The van der Waals surface area contributed by atoms with E-state index in [9.17, 15) is 4.79 Å². The number of aliphatic imine (C=N–C) groups is 1. The van der Waals surface area contributed by atoms with Crippen molar-refractivity contribution >= 4 is 6.08 Å². The van der Waals surface area contributed by atoms with E-state index in [2.05, 4.69) is 50.9 Å². The van der Waals surface area contributed by atoms with Crippen LogP contribution in [0.25, 0.3) is 0 Å². The van der Waals surface area contributed by atoms with Gasteiger partial charge in [0.2, 0.25) is 6.08 Å². The van der Waals surface area contributed by atoms with Gasteiger partial charge >= 0.3 is 0 Å². The van der Waals surface area contributed by atoms with E-state index in [4.69, 9.17) is 0 Å². The van der Waals surface area contributed by atoms with Crippen molar-refractivity contribution in [2.75, 3.05) is 0 Å². The molecule has 0 saturated heterocycles. The highest BCUT2D eigenvalue weighted by Gasteiger charge is 2.52. The predicted octanol–water partition coefficient (Wildman–Crippen LogP) is 4.91. The second-order valence-electron chi connectivity index (χ2n) is 7.99. The van der Waals surface area contributed by atoms with Crippen molar-refractivity contribution in [3.63, 3.8) is 0 Å². The van der Waals surface area contributed by atoms with Crippen molar-refractivity contribution in [3.8, 4) is 0 Å². The lowest BCUT2D eigenvalue weighted by Crippen LogP contribution is -2.51. The number of hydrogen-bond donors (Lipinski definition) is 0. The van der Waals surface area contributed by atoms with Gasteiger partial charge in [-0.15, -0.1) is 0 Å². The van der Waals surface area contributed by atoms with E-state index in [-0.39, 0.29) is 11.0 Å². The summed E-state index contributed by atoms with van der Waals surface area (Å²) in [5, 5.41) is 0. The smallest absolute Gasteiger partial charge is 0.211 e. The molecule has 2 heteroatoms. The van der Waals surface area contributed by atoms with Crippen molar-refractivity contribution in [2.24, 2.45) is 10.9 Å². The monoisotopic (exact) mass is 297 g/mol. The quantitative estimate of drug-likeness (QED) is 0.563. The maximum absolute atomic E-state index is 10.9. The molecule has 2 nitrogen and oxygen atoms in total.